The van der Waals surface area contributed by atoms with E-state index in [0.717, 1.165) is 5.56 Å². The molecule has 0 aliphatic heterocycles. The topological polar surface area (TPSA) is 41.1 Å². The Kier molecular flexibility index (Phi) is 4.87. The van der Waals surface area contributed by atoms with Gasteiger partial charge in [-0.25, -0.2) is 8.78 Å². The van der Waals surface area contributed by atoms with Gasteiger partial charge in [0.15, 0.2) is 0 Å². The van der Waals surface area contributed by atoms with Gasteiger partial charge in [-0.15, -0.1) is 0 Å². The first-order chi connectivity index (χ1) is 10.0. The predicted molar refractivity (Wildman–Crippen MR) is 77.9 cm³/mol. The quantitative estimate of drug-likeness (QED) is 0.889. The van der Waals surface area contributed by atoms with Gasteiger partial charge in [0.25, 0.3) is 0 Å². The summed E-state index contributed by atoms with van der Waals surface area (Å²) < 4.78 is 26.1. The van der Waals surface area contributed by atoms with Gasteiger partial charge in [0, 0.05) is 12.2 Å². The molecule has 0 spiro atoms. The molecule has 0 aliphatic carbocycles. The summed E-state index contributed by atoms with van der Waals surface area (Å²) >= 11 is 0. The number of carbonyl (C=O) groups is 1. The highest BCUT2D eigenvalue weighted by Gasteiger charge is 2.03. The van der Waals surface area contributed by atoms with Gasteiger partial charge in [-0.2, -0.15) is 0 Å². The Morgan fingerprint density at radius 2 is 1.81 bits per heavy atom. The molecule has 0 radical (unpaired) electrons. The fourth-order valence-corrected chi connectivity index (χ4v) is 1.75. The molecule has 0 aromatic heterocycles. The molecule has 0 unspecified atom stereocenters. The lowest BCUT2D eigenvalue weighted by Gasteiger charge is -2.08. The van der Waals surface area contributed by atoms with Gasteiger partial charge >= 0.3 is 0 Å². The molecule has 2 aromatic carbocycles. The summed E-state index contributed by atoms with van der Waals surface area (Å²) in [5.74, 6) is -0.847. The van der Waals surface area contributed by atoms with Crippen molar-refractivity contribution in [3.63, 3.8) is 0 Å². The Morgan fingerprint density at radius 1 is 1.10 bits per heavy atom. The van der Waals surface area contributed by atoms with Crippen LogP contribution < -0.4 is 10.6 Å². The van der Waals surface area contributed by atoms with E-state index in [1.165, 1.54) is 18.2 Å². The number of benzene rings is 2. The molecule has 2 N–H and O–H groups in total. The number of rotatable bonds is 5. The van der Waals surface area contributed by atoms with Crippen LogP contribution >= 0.6 is 0 Å². The molecule has 0 saturated carbocycles. The van der Waals surface area contributed by atoms with Crippen molar-refractivity contribution in [1.82, 2.24) is 5.32 Å². The van der Waals surface area contributed by atoms with E-state index in [4.69, 9.17) is 0 Å². The maximum atomic E-state index is 13.3. The summed E-state index contributed by atoms with van der Waals surface area (Å²) in [6.45, 7) is 2.04. The second kappa shape index (κ2) is 6.83. The molecule has 0 fully saturated rings. The minimum absolute atomic E-state index is 0.0453. The van der Waals surface area contributed by atoms with Crippen LogP contribution in [-0.4, -0.2) is 12.5 Å². The predicted octanol–water partition coefficient (Wildman–Crippen LogP) is 3.00. The van der Waals surface area contributed by atoms with Crippen molar-refractivity contribution in [3.8, 4) is 0 Å². The van der Waals surface area contributed by atoms with E-state index in [9.17, 15) is 13.6 Å². The van der Waals surface area contributed by atoms with E-state index in [0.29, 0.717) is 17.8 Å². The highest BCUT2D eigenvalue weighted by molar-refractivity contribution is 5.80. The molecule has 0 saturated heterocycles. The third-order valence-corrected chi connectivity index (χ3v) is 3.03. The molecule has 2 rings (SSSR count). The molecule has 2 aromatic rings. The SMILES string of the molecule is Cc1ccc(NCC(=O)NCc2ccc(F)cc2)cc1F. The van der Waals surface area contributed by atoms with Crippen molar-refractivity contribution in [1.29, 1.82) is 0 Å². The van der Waals surface area contributed by atoms with Crippen molar-refractivity contribution in [2.45, 2.75) is 13.5 Å². The van der Waals surface area contributed by atoms with Crippen LogP contribution in [0.5, 0.6) is 0 Å². The average molecular weight is 290 g/mol. The smallest absolute Gasteiger partial charge is 0.239 e. The molecule has 110 valence electrons. The summed E-state index contributed by atoms with van der Waals surface area (Å²) in [5, 5.41) is 5.54. The summed E-state index contributed by atoms with van der Waals surface area (Å²) in [4.78, 5) is 11.7. The van der Waals surface area contributed by atoms with E-state index < -0.39 is 0 Å². The summed E-state index contributed by atoms with van der Waals surface area (Å²) in [6, 6.07) is 10.6. The van der Waals surface area contributed by atoms with E-state index in [2.05, 4.69) is 10.6 Å². The fraction of sp³-hybridized carbons (Fsp3) is 0.188. The number of amides is 1. The molecular formula is C16H16F2N2O. The minimum atomic E-state index is -0.313. The third-order valence-electron chi connectivity index (χ3n) is 3.03. The Bertz CT molecular complexity index is 627. The molecule has 0 aliphatic rings. The molecule has 3 nitrogen and oxygen atoms in total. The molecule has 5 heteroatoms. The first-order valence-electron chi connectivity index (χ1n) is 6.56. The van der Waals surface area contributed by atoms with Gasteiger partial charge in [0.05, 0.1) is 6.54 Å². The summed E-state index contributed by atoms with van der Waals surface area (Å²) in [6.07, 6.45) is 0. The lowest BCUT2D eigenvalue weighted by molar-refractivity contribution is -0.119. The van der Waals surface area contributed by atoms with Crippen LogP contribution in [0.3, 0.4) is 0 Å². The molecule has 21 heavy (non-hydrogen) atoms. The van der Waals surface area contributed by atoms with Crippen molar-refractivity contribution in [2.24, 2.45) is 0 Å². The number of halogens is 2. The third kappa shape index (κ3) is 4.56. The molecule has 1 amide bonds. The largest absolute Gasteiger partial charge is 0.376 e. The van der Waals surface area contributed by atoms with E-state index in [1.54, 1.807) is 31.2 Å². The maximum Gasteiger partial charge on any atom is 0.239 e. The van der Waals surface area contributed by atoms with Crippen molar-refractivity contribution in [3.05, 3.63) is 65.2 Å². The maximum absolute atomic E-state index is 13.3. The van der Waals surface area contributed by atoms with Crippen LogP contribution in [0, 0.1) is 18.6 Å². The first kappa shape index (κ1) is 15.0. The van der Waals surface area contributed by atoms with Gasteiger partial charge < -0.3 is 10.6 Å². The van der Waals surface area contributed by atoms with Crippen molar-refractivity contribution < 1.29 is 13.6 Å². The lowest BCUT2D eigenvalue weighted by atomic mass is 10.2. The summed E-state index contributed by atoms with van der Waals surface area (Å²) in [7, 11) is 0. The van der Waals surface area contributed by atoms with Gasteiger partial charge in [-0.1, -0.05) is 18.2 Å². The number of nitrogens with one attached hydrogen (secondary N) is 2. The van der Waals surface area contributed by atoms with Gasteiger partial charge in [-0.05, 0) is 42.3 Å². The van der Waals surface area contributed by atoms with Crippen LogP contribution in [0.1, 0.15) is 11.1 Å². The fourth-order valence-electron chi connectivity index (χ4n) is 1.75. The monoisotopic (exact) mass is 290 g/mol. The molecule has 0 heterocycles. The number of aryl methyl sites for hydroxylation is 1. The van der Waals surface area contributed by atoms with Gasteiger partial charge in [-0.3, -0.25) is 4.79 Å². The lowest BCUT2D eigenvalue weighted by Crippen LogP contribution is -2.29. The van der Waals surface area contributed by atoms with Crippen LogP contribution in [-0.2, 0) is 11.3 Å². The van der Waals surface area contributed by atoms with E-state index in [-0.39, 0.29) is 24.1 Å². The number of hydrogen-bond acceptors (Lipinski definition) is 2. The zero-order valence-corrected chi connectivity index (χ0v) is 11.6. The van der Waals surface area contributed by atoms with Gasteiger partial charge in [0.1, 0.15) is 11.6 Å². The van der Waals surface area contributed by atoms with E-state index in [1.807, 2.05) is 0 Å². The van der Waals surface area contributed by atoms with Crippen LogP contribution in [0.15, 0.2) is 42.5 Å². The number of hydrogen-bond donors (Lipinski definition) is 2. The Labute approximate surface area is 122 Å². The Hall–Kier alpha value is -2.43. The standard InChI is InChI=1S/C16H16F2N2O/c1-11-2-7-14(8-15(11)18)19-10-16(21)20-9-12-3-5-13(17)6-4-12/h2-8,19H,9-10H2,1H3,(H,20,21). The first-order valence-corrected chi connectivity index (χ1v) is 6.56. The zero-order chi connectivity index (χ0) is 15.2. The summed E-state index contributed by atoms with van der Waals surface area (Å²) in [5.41, 5.74) is 1.92. The Morgan fingerprint density at radius 3 is 2.48 bits per heavy atom. The van der Waals surface area contributed by atoms with Crippen LogP contribution in [0.2, 0.25) is 0 Å². The van der Waals surface area contributed by atoms with Crippen LogP contribution in [0.25, 0.3) is 0 Å². The zero-order valence-electron chi connectivity index (χ0n) is 11.6. The normalized spacial score (nSPS) is 10.2. The molecular weight excluding hydrogens is 274 g/mol. The number of anilines is 1. The second-order valence-electron chi connectivity index (χ2n) is 4.72. The average Bonchev–Trinajstić information content (AvgIpc) is 2.48. The molecule has 0 atom stereocenters. The van der Waals surface area contributed by atoms with Gasteiger partial charge in [0.2, 0.25) is 5.91 Å². The Balaban J connectivity index is 1.79. The van der Waals surface area contributed by atoms with Crippen molar-refractivity contribution in [2.75, 3.05) is 11.9 Å². The highest BCUT2D eigenvalue weighted by Crippen LogP contribution is 2.13. The molecule has 0 bridgehead atoms. The minimum Gasteiger partial charge on any atom is -0.376 e. The van der Waals surface area contributed by atoms with Crippen LogP contribution in [0.4, 0.5) is 14.5 Å². The highest BCUT2D eigenvalue weighted by atomic mass is 19.1. The second-order valence-corrected chi connectivity index (χ2v) is 4.72. The number of carbonyl (C=O) groups excluding carboxylic acids is 1. The van der Waals surface area contributed by atoms with E-state index >= 15 is 0 Å². The van der Waals surface area contributed by atoms with Crippen molar-refractivity contribution >= 4 is 11.6 Å².